The van der Waals surface area contributed by atoms with Crippen molar-refractivity contribution in [1.82, 2.24) is 5.32 Å². The third kappa shape index (κ3) is 5.92. The first-order valence-corrected chi connectivity index (χ1v) is 8.99. The van der Waals surface area contributed by atoms with Crippen molar-refractivity contribution < 1.29 is 9.64 Å². The van der Waals surface area contributed by atoms with Crippen molar-refractivity contribution in [2.24, 2.45) is 5.92 Å². The lowest BCUT2D eigenvalue weighted by atomic mass is 10.2. The highest BCUT2D eigenvalue weighted by Gasteiger charge is 2.24. The standard InChI is InChI=1S/C17H26ClN3OS/c1-12(2)10-21-7-8-22-14(11-21)9-19-17(23)20-16-6-4-5-15(18)13(16)3/h4-6,12,14H,7-11H2,1-3H3,(H2,19,20,23)/p+1/t14-/m0/s1. The van der Waals surface area contributed by atoms with Gasteiger partial charge in [0, 0.05) is 23.2 Å². The molecule has 0 saturated carbocycles. The van der Waals surface area contributed by atoms with E-state index in [2.05, 4.69) is 24.5 Å². The molecule has 23 heavy (non-hydrogen) atoms. The highest BCUT2D eigenvalue weighted by atomic mass is 35.5. The van der Waals surface area contributed by atoms with Gasteiger partial charge in [0.25, 0.3) is 0 Å². The van der Waals surface area contributed by atoms with Crippen molar-refractivity contribution in [2.45, 2.75) is 26.9 Å². The average molecular weight is 357 g/mol. The van der Waals surface area contributed by atoms with E-state index in [1.54, 1.807) is 4.90 Å². The zero-order valence-electron chi connectivity index (χ0n) is 14.1. The Morgan fingerprint density at radius 2 is 2.26 bits per heavy atom. The first-order valence-electron chi connectivity index (χ1n) is 8.21. The molecule has 0 aromatic heterocycles. The topological polar surface area (TPSA) is 37.7 Å². The third-order valence-electron chi connectivity index (χ3n) is 4.03. The van der Waals surface area contributed by atoms with E-state index in [0.717, 1.165) is 42.5 Å². The Labute approximate surface area is 149 Å². The van der Waals surface area contributed by atoms with Crippen molar-refractivity contribution in [2.75, 3.05) is 38.1 Å². The number of quaternary nitrogens is 1. The number of hydrogen-bond donors (Lipinski definition) is 3. The largest absolute Gasteiger partial charge is 0.365 e. The van der Waals surface area contributed by atoms with Gasteiger partial charge in [-0.15, -0.1) is 0 Å². The minimum Gasteiger partial charge on any atom is -0.365 e. The Kier molecular flexibility index (Phi) is 7.09. The van der Waals surface area contributed by atoms with Crippen LogP contribution in [0.15, 0.2) is 18.2 Å². The summed E-state index contributed by atoms with van der Waals surface area (Å²) in [5, 5.41) is 7.81. The van der Waals surface area contributed by atoms with Gasteiger partial charge in [-0.25, -0.2) is 0 Å². The first kappa shape index (κ1) is 18.5. The number of ether oxygens (including phenoxy) is 1. The quantitative estimate of drug-likeness (QED) is 0.704. The third-order valence-corrected chi connectivity index (χ3v) is 4.68. The molecule has 1 fully saturated rings. The highest BCUT2D eigenvalue weighted by Crippen LogP contribution is 2.22. The molecule has 1 saturated heterocycles. The lowest BCUT2D eigenvalue weighted by molar-refractivity contribution is -0.914. The SMILES string of the molecule is Cc1c(Cl)cccc1NC(=S)NC[C@H]1C[NH+](CC(C)C)CCO1. The van der Waals surface area contributed by atoms with Crippen LogP contribution in [0.4, 0.5) is 5.69 Å². The van der Waals surface area contributed by atoms with Crippen LogP contribution in [0.25, 0.3) is 0 Å². The maximum Gasteiger partial charge on any atom is 0.170 e. The van der Waals surface area contributed by atoms with Crippen molar-refractivity contribution >= 4 is 34.6 Å². The fourth-order valence-corrected chi connectivity index (χ4v) is 3.23. The second-order valence-corrected chi connectivity index (χ2v) is 7.36. The molecule has 4 nitrogen and oxygen atoms in total. The number of rotatable bonds is 5. The number of anilines is 1. The molecule has 1 aromatic rings. The number of thiocarbonyl (C=S) groups is 1. The minimum absolute atomic E-state index is 0.206. The Balaban J connectivity index is 1.79. The summed E-state index contributed by atoms with van der Waals surface area (Å²) in [6.07, 6.45) is 0.206. The van der Waals surface area contributed by atoms with E-state index in [1.165, 1.54) is 6.54 Å². The molecule has 0 radical (unpaired) electrons. The van der Waals surface area contributed by atoms with Gasteiger partial charge >= 0.3 is 0 Å². The molecule has 2 atom stereocenters. The van der Waals surface area contributed by atoms with Gasteiger partial charge in [-0.2, -0.15) is 0 Å². The van der Waals surface area contributed by atoms with Gasteiger partial charge in [-0.05, 0) is 36.8 Å². The van der Waals surface area contributed by atoms with Crippen molar-refractivity contribution in [1.29, 1.82) is 0 Å². The normalized spacial score (nSPS) is 21.3. The molecule has 0 amide bonds. The molecular formula is C17H27ClN3OS+. The van der Waals surface area contributed by atoms with Crippen molar-refractivity contribution in [3.05, 3.63) is 28.8 Å². The summed E-state index contributed by atoms with van der Waals surface area (Å²) in [6, 6.07) is 5.76. The summed E-state index contributed by atoms with van der Waals surface area (Å²) < 4.78 is 5.84. The molecule has 1 aromatic carbocycles. The summed E-state index contributed by atoms with van der Waals surface area (Å²) in [6.45, 7) is 11.4. The molecule has 3 N–H and O–H groups in total. The summed E-state index contributed by atoms with van der Waals surface area (Å²) in [5.74, 6) is 0.713. The molecule has 1 heterocycles. The van der Waals surface area contributed by atoms with Gasteiger partial charge in [0.1, 0.15) is 19.2 Å². The van der Waals surface area contributed by atoms with E-state index in [0.29, 0.717) is 11.0 Å². The number of benzene rings is 1. The van der Waals surface area contributed by atoms with Gasteiger partial charge in [0.05, 0.1) is 13.2 Å². The van der Waals surface area contributed by atoms with Crippen LogP contribution < -0.4 is 15.5 Å². The predicted octanol–water partition coefficient (Wildman–Crippen LogP) is 1.87. The van der Waals surface area contributed by atoms with Crippen molar-refractivity contribution in [3.63, 3.8) is 0 Å². The van der Waals surface area contributed by atoms with Crippen LogP contribution in [0.1, 0.15) is 19.4 Å². The van der Waals surface area contributed by atoms with Gasteiger partial charge in [0.2, 0.25) is 0 Å². The molecule has 2 rings (SSSR count). The van der Waals surface area contributed by atoms with Crippen LogP contribution in [-0.2, 0) is 4.74 Å². The highest BCUT2D eigenvalue weighted by molar-refractivity contribution is 7.80. The molecular weight excluding hydrogens is 330 g/mol. The summed E-state index contributed by atoms with van der Waals surface area (Å²) >= 11 is 11.5. The van der Waals surface area contributed by atoms with Gasteiger partial charge in [-0.1, -0.05) is 31.5 Å². The lowest BCUT2D eigenvalue weighted by Crippen LogP contribution is -3.15. The van der Waals surface area contributed by atoms with E-state index in [9.17, 15) is 0 Å². The zero-order chi connectivity index (χ0) is 16.8. The van der Waals surface area contributed by atoms with Crippen LogP contribution >= 0.6 is 23.8 Å². The number of morpholine rings is 1. The fraction of sp³-hybridized carbons (Fsp3) is 0.588. The van der Waals surface area contributed by atoms with Crippen LogP contribution in [0, 0.1) is 12.8 Å². The molecule has 6 heteroatoms. The van der Waals surface area contributed by atoms with Crippen LogP contribution in [0.2, 0.25) is 5.02 Å². The molecule has 1 unspecified atom stereocenters. The Morgan fingerprint density at radius 1 is 1.48 bits per heavy atom. The first-order chi connectivity index (χ1) is 11.0. The lowest BCUT2D eigenvalue weighted by Gasteiger charge is -2.31. The maximum atomic E-state index is 6.13. The minimum atomic E-state index is 0.206. The Morgan fingerprint density at radius 3 is 3.00 bits per heavy atom. The van der Waals surface area contributed by atoms with Crippen molar-refractivity contribution in [3.8, 4) is 0 Å². The predicted molar refractivity (Wildman–Crippen MR) is 101 cm³/mol. The monoisotopic (exact) mass is 356 g/mol. The Bertz CT molecular complexity index is 539. The van der Waals surface area contributed by atoms with Crippen LogP contribution in [0.5, 0.6) is 0 Å². The van der Waals surface area contributed by atoms with E-state index in [4.69, 9.17) is 28.6 Å². The molecule has 0 spiro atoms. The zero-order valence-corrected chi connectivity index (χ0v) is 15.7. The number of hydrogen-bond acceptors (Lipinski definition) is 2. The summed E-state index contributed by atoms with van der Waals surface area (Å²) in [4.78, 5) is 1.61. The fourth-order valence-electron chi connectivity index (χ4n) is 2.86. The second-order valence-electron chi connectivity index (χ2n) is 6.54. The second kappa shape index (κ2) is 8.83. The van der Waals surface area contributed by atoms with Gasteiger partial charge in [0.15, 0.2) is 5.11 Å². The maximum absolute atomic E-state index is 6.13. The molecule has 128 valence electrons. The molecule has 1 aliphatic rings. The Hall–Kier alpha value is -0.880. The van der Waals surface area contributed by atoms with Gasteiger partial charge in [-0.3, -0.25) is 0 Å². The van der Waals surface area contributed by atoms with E-state index in [1.807, 2.05) is 25.1 Å². The van der Waals surface area contributed by atoms with Gasteiger partial charge < -0.3 is 20.3 Å². The summed E-state index contributed by atoms with van der Waals surface area (Å²) in [5.41, 5.74) is 1.94. The molecule has 1 aliphatic heterocycles. The molecule has 0 aliphatic carbocycles. The average Bonchev–Trinajstić information content (AvgIpc) is 2.50. The smallest absolute Gasteiger partial charge is 0.170 e. The molecule has 0 bridgehead atoms. The number of halogens is 1. The van der Waals surface area contributed by atoms with E-state index in [-0.39, 0.29) is 6.10 Å². The summed E-state index contributed by atoms with van der Waals surface area (Å²) in [7, 11) is 0. The van der Waals surface area contributed by atoms with Crippen LogP contribution in [0.3, 0.4) is 0 Å². The van der Waals surface area contributed by atoms with Crippen LogP contribution in [-0.4, -0.2) is 44.0 Å². The van der Waals surface area contributed by atoms with E-state index >= 15 is 0 Å². The van der Waals surface area contributed by atoms with E-state index < -0.39 is 0 Å². The number of nitrogens with one attached hydrogen (secondary N) is 3.